The van der Waals surface area contributed by atoms with E-state index in [9.17, 15) is 13.2 Å². The van der Waals surface area contributed by atoms with Gasteiger partial charge >= 0.3 is 5.51 Å². The molecule has 0 aliphatic carbocycles. The molecule has 2 aliphatic heterocycles. The molecule has 0 amide bonds. The standard InChI is InChI=1S/C29H33O3S.CHF3O3S/c1-4-11-23(12-5-1)19-31-27-22-33(21-25-15-8-3-9-16-25)29(26-17-10-18-30-26)28(27)32-20-24-13-6-2-7-14-24;2-1(3,4)8(5,6)7/h1-9,11-16,26-29H,10,17-22H2;(H,5,6,7)/q+1;/p-1/t26-,27-,28+,29-,33?;/m1./s1. The Kier molecular flexibility index (Phi) is 11.3. The Balaban J connectivity index is 0.000000426. The van der Waals surface area contributed by atoms with E-state index in [1.807, 2.05) is 0 Å². The van der Waals surface area contributed by atoms with Gasteiger partial charge in [-0.15, -0.1) is 0 Å². The summed E-state index contributed by atoms with van der Waals surface area (Å²) in [4.78, 5) is 0. The highest BCUT2D eigenvalue weighted by Gasteiger charge is 2.56. The lowest BCUT2D eigenvalue weighted by Crippen LogP contribution is -2.43. The minimum Gasteiger partial charge on any atom is -0.741 e. The maximum Gasteiger partial charge on any atom is 0.485 e. The molecule has 3 aromatic rings. The molecule has 2 fully saturated rings. The van der Waals surface area contributed by atoms with Crippen LogP contribution in [0.2, 0.25) is 0 Å². The number of rotatable bonds is 9. The summed E-state index contributed by atoms with van der Waals surface area (Å²) in [5.74, 6) is 2.10. The predicted octanol–water partition coefficient (Wildman–Crippen LogP) is 5.59. The van der Waals surface area contributed by atoms with Gasteiger partial charge in [0.25, 0.3) is 0 Å². The van der Waals surface area contributed by atoms with Crippen molar-refractivity contribution in [3.05, 3.63) is 108 Å². The van der Waals surface area contributed by atoms with Gasteiger partial charge in [-0.2, -0.15) is 13.2 Å². The van der Waals surface area contributed by atoms with E-state index in [0.717, 1.165) is 31.0 Å². The average Bonchev–Trinajstić information content (AvgIpc) is 3.59. The van der Waals surface area contributed by atoms with Crippen molar-refractivity contribution in [1.29, 1.82) is 0 Å². The Bertz CT molecular complexity index is 1290. The largest absolute Gasteiger partial charge is 0.741 e. The normalized spacial score (nSPS) is 24.5. The number of halogens is 3. The Morgan fingerprint density at radius 3 is 1.78 bits per heavy atom. The molecule has 2 saturated heterocycles. The van der Waals surface area contributed by atoms with E-state index in [1.54, 1.807) is 0 Å². The van der Waals surface area contributed by atoms with Crippen LogP contribution in [0.5, 0.6) is 0 Å². The zero-order valence-corrected chi connectivity index (χ0v) is 24.0. The van der Waals surface area contributed by atoms with Crippen molar-refractivity contribution in [2.45, 2.75) is 60.9 Å². The molecule has 0 aromatic heterocycles. The second-order valence-electron chi connectivity index (χ2n) is 9.85. The molecule has 2 aliphatic rings. The summed E-state index contributed by atoms with van der Waals surface area (Å²) in [6.07, 6.45) is 2.66. The van der Waals surface area contributed by atoms with Crippen LogP contribution in [0, 0.1) is 0 Å². The number of hydrogen-bond acceptors (Lipinski definition) is 6. The lowest BCUT2D eigenvalue weighted by molar-refractivity contribution is -0.0821. The first kappa shape index (κ1) is 31.5. The van der Waals surface area contributed by atoms with Gasteiger partial charge in [0.05, 0.1) is 13.2 Å². The highest BCUT2D eigenvalue weighted by atomic mass is 32.2. The van der Waals surface area contributed by atoms with Crippen LogP contribution in [-0.2, 0) is 54.2 Å². The van der Waals surface area contributed by atoms with E-state index in [2.05, 4.69) is 91.0 Å². The van der Waals surface area contributed by atoms with Gasteiger partial charge in [0, 0.05) is 23.1 Å². The molecule has 6 nitrogen and oxygen atoms in total. The van der Waals surface area contributed by atoms with Crippen molar-refractivity contribution in [3.8, 4) is 0 Å². The second kappa shape index (κ2) is 14.7. The van der Waals surface area contributed by atoms with Crippen molar-refractivity contribution in [3.63, 3.8) is 0 Å². The van der Waals surface area contributed by atoms with E-state index < -0.39 is 15.6 Å². The minimum absolute atomic E-state index is 0.0454. The highest BCUT2D eigenvalue weighted by Crippen LogP contribution is 2.37. The van der Waals surface area contributed by atoms with Crippen LogP contribution in [0.1, 0.15) is 29.5 Å². The summed E-state index contributed by atoms with van der Waals surface area (Å²) in [6, 6.07) is 31.8. The third-order valence-corrected chi connectivity index (χ3v) is 10.2. The van der Waals surface area contributed by atoms with Gasteiger partial charge in [-0.25, -0.2) is 8.42 Å². The van der Waals surface area contributed by atoms with E-state index >= 15 is 0 Å². The van der Waals surface area contributed by atoms with Gasteiger partial charge in [0.2, 0.25) is 0 Å². The fraction of sp³-hybridized carbons (Fsp3) is 0.400. The third kappa shape index (κ3) is 9.29. The third-order valence-electron chi connectivity index (χ3n) is 6.86. The number of benzene rings is 3. The van der Waals surface area contributed by atoms with Crippen molar-refractivity contribution >= 4 is 21.0 Å². The Labute approximate surface area is 241 Å². The van der Waals surface area contributed by atoms with E-state index in [1.165, 1.54) is 16.7 Å². The van der Waals surface area contributed by atoms with Crippen LogP contribution >= 0.6 is 0 Å². The van der Waals surface area contributed by atoms with Crippen LogP contribution in [0.3, 0.4) is 0 Å². The second-order valence-corrected chi connectivity index (χ2v) is 13.5. The Morgan fingerprint density at radius 1 is 0.829 bits per heavy atom. The van der Waals surface area contributed by atoms with Crippen LogP contribution in [0.4, 0.5) is 13.2 Å². The van der Waals surface area contributed by atoms with Gasteiger partial charge in [-0.05, 0) is 24.0 Å². The van der Waals surface area contributed by atoms with E-state index in [4.69, 9.17) is 27.2 Å². The van der Waals surface area contributed by atoms with Crippen molar-refractivity contribution in [2.75, 3.05) is 12.4 Å². The molecule has 5 atom stereocenters. The first-order chi connectivity index (χ1) is 19.6. The lowest BCUT2D eigenvalue weighted by atomic mass is 10.0. The first-order valence-electron chi connectivity index (χ1n) is 13.3. The summed E-state index contributed by atoms with van der Waals surface area (Å²) in [5, 5.41) is 0.372. The highest BCUT2D eigenvalue weighted by molar-refractivity contribution is 7.97. The summed E-state index contributed by atoms with van der Waals surface area (Å²) >= 11 is 0. The number of alkyl halides is 3. The molecule has 0 saturated carbocycles. The summed E-state index contributed by atoms with van der Waals surface area (Å²) < 4.78 is 78.4. The minimum atomic E-state index is -6.09. The van der Waals surface area contributed by atoms with E-state index in [-0.39, 0.29) is 29.2 Å². The summed E-state index contributed by atoms with van der Waals surface area (Å²) in [6.45, 7) is 2.10. The predicted molar refractivity (Wildman–Crippen MR) is 151 cm³/mol. The van der Waals surface area contributed by atoms with Gasteiger partial charge in [-0.3, -0.25) is 0 Å². The molecule has 0 bridgehead atoms. The van der Waals surface area contributed by atoms with Crippen molar-refractivity contribution in [1.82, 2.24) is 0 Å². The zero-order valence-electron chi connectivity index (χ0n) is 22.3. The van der Waals surface area contributed by atoms with Crippen molar-refractivity contribution < 1.29 is 40.4 Å². The summed E-state index contributed by atoms with van der Waals surface area (Å²) in [5.41, 5.74) is -1.83. The fourth-order valence-corrected chi connectivity index (χ4v) is 8.08. The van der Waals surface area contributed by atoms with Crippen LogP contribution in [0.15, 0.2) is 91.0 Å². The Hall–Kier alpha value is -2.41. The van der Waals surface area contributed by atoms with E-state index in [0.29, 0.717) is 18.5 Å². The molecular weight excluding hydrogens is 577 g/mol. The molecule has 0 N–H and O–H groups in total. The fourth-order valence-electron chi connectivity index (χ4n) is 4.94. The molecule has 41 heavy (non-hydrogen) atoms. The zero-order chi connectivity index (χ0) is 29.3. The van der Waals surface area contributed by atoms with Crippen molar-refractivity contribution in [2.24, 2.45) is 0 Å². The SMILES string of the molecule is O=S(=O)([O-])C(F)(F)F.c1ccc(CO[C@@H]2[C@@H]([C@H]3CCCO3)[S+](Cc3ccccc3)C[C@H]2OCc2ccccc2)cc1. The van der Waals surface area contributed by atoms with Gasteiger partial charge in [0.15, 0.2) is 15.4 Å². The molecule has 222 valence electrons. The monoisotopic (exact) mass is 610 g/mol. The molecule has 2 heterocycles. The molecule has 11 heteroatoms. The number of ether oxygens (including phenoxy) is 3. The molecule has 0 radical (unpaired) electrons. The number of hydrogen-bond donors (Lipinski definition) is 0. The van der Waals surface area contributed by atoms with Gasteiger partial charge in [0.1, 0.15) is 29.8 Å². The molecule has 5 rings (SSSR count). The molecule has 0 spiro atoms. The first-order valence-corrected chi connectivity index (χ1v) is 16.3. The quantitative estimate of drug-likeness (QED) is 0.179. The average molecular weight is 611 g/mol. The van der Waals surface area contributed by atoms with Crippen LogP contribution < -0.4 is 0 Å². The topological polar surface area (TPSA) is 84.9 Å². The summed E-state index contributed by atoms with van der Waals surface area (Å²) in [7, 11) is -5.95. The molecular formula is C30H33F3O6S2. The van der Waals surface area contributed by atoms with Gasteiger partial charge in [-0.1, -0.05) is 91.0 Å². The maximum atomic E-state index is 10.7. The molecule has 1 unspecified atom stereocenters. The van der Waals surface area contributed by atoms with Crippen LogP contribution in [-0.4, -0.2) is 54.4 Å². The van der Waals surface area contributed by atoms with Gasteiger partial charge < -0.3 is 18.8 Å². The molecule has 3 aromatic carbocycles. The Morgan fingerprint density at radius 2 is 1.32 bits per heavy atom. The smallest absolute Gasteiger partial charge is 0.485 e. The lowest BCUT2D eigenvalue weighted by Gasteiger charge is -2.25. The maximum absolute atomic E-state index is 10.7. The van der Waals surface area contributed by atoms with Crippen LogP contribution in [0.25, 0.3) is 0 Å².